The summed E-state index contributed by atoms with van der Waals surface area (Å²) < 4.78 is 0. The first-order chi connectivity index (χ1) is 3.80. The van der Waals surface area contributed by atoms with Crippen molar-refractivity contribution in [3.05, 3.63) is 42.4 Å². The van der Waals surface area contributed by atoms with Crippen molar-refractivity contribution in [2.45, 2.75) is 6.92 Å². The average Bonchev–Trinajstić information content (AvgIpc) is 1.77. The van der Waals surface area contributed by atoms with Gasteiger partial charge in [-0.25, -0.2) is 0 Å². The van der Waals surface area contributed by atoms with E-state index in [0.717, 1.165) is 5.57 Å². The Morgan fingerprint density at radius 3 is 2.20 bits per heavy atom. The first kappa shape index (κ1) is 12.8. The van der Waals surface area contributed by atoms with Crippen LogP contribution in [0.1, 0.15) is 6.92 Å². The van der Waals surface area contributed by atoms with Crippen molar-refractivity contribution >= 4 is 0 Å². The van der Waals surface area contributed by atoms with Gasteiger partial charge in [-0.3, -0.25) is 0 Å². The second kappa shape index (κ2) is 5.88. The number of hydrogen-bond donors (Lipinski definition) is 0. The van der Waals surface area contributed by atoms with Crippen LogP contribution < -0.4 is 12.4 Å². The van der Waals surface area contributed by atoms with Crippen molar-refractivity contribution in [1.29, 1.82) is 0 Å². The van der Waals surface area contributed by atoms with Gasteiger partial charge in [0.1, 0.15) is 0 Å². The van der Waals surface area contributed by atoms with Crippen molar-refractivity contribution in [1.82, 2.24) is 0 Å². The molecule has 0 aromatic heterocycles. The maximum Gasteiger partial charge on any atom is 0.0121 e. The van der Waals surface area contributed by atoms with Crippen LogP contribution in [0.5, 0.6) is 0 Å². The molecule has 0 unspecified atom stereocenters. The Morgan fingerprint density at radius 1 is 1.30 bits per heavy atom. The Hall–Kier alpha value is 0.133. The minimum absolute atomic E-state index is 0. The smallest absolute Gasteiger partial charge is 0.0121 e. The molecule has 0 heterocycles. The molecule has 0 spiro atoms. The van der Waals surface area contributed by atoms with Crippen LogP contribution >= 0.6 is 0 Å². The van der Waals surface area contributed by atoms with Crippen LogP contribution in [0.4, 0.5) is 0 Å². The molecule has 1 radical (unpaired) electrons. The summed E-state index contributed by atoms with van der Waals surface area (Å²) in [7, 11) is 0. The fourth-order valence-electron chi connectivity index (χ4n) is 0.610. The Bertz CT molecular complexity index is 168. The predicted molar refractivity (Wildman–Crippen MR) is 36.3 cm³/mol. The minimum Gasteiger partial charge on any atom is -1.00 e. The van der Waals surface area contributed by atoms with Gasteiger partial charge in [0.25, 0.3) is 0 Å². The number of allylic oxidation sites excluding steroid dienone is 5. The van der Waals surface area contributed by atoms with E-state index in [2.05, 4.69) is 19.6 Å². The molecule has 0 atom stereocenters. The zero-order valence-corrected chi connectivity index (χ0v) is 9.82. The fourth-order valence-corrected chi connectivity index (χ4v) is 0.610. The van der Waals surface area contributed by atoms with Gasteiger partial charge in [-0.1, -0.05) is 24.8 Å². The molecule has 0 amide bonds. The van der Waals surface area contributed by atoms with Crippen LogP contribution in [0.3, 0.4) is 0 Å². The summed E-state index contributed by atoms with van der Waals surface area (Å²) in [5.41, 5.74) is 2.38. The maximum atomic E-state index is 3.82. The number of halogens is 1. The van der Waals surface area contributed by atoms with E-state index in [1.807, 2.05) is 18.6 Å². The molecule has 0 nitrogen and oxygen atoms in total. The van der Waals surface area contributed by atoms with Crippen LogP contribution in [0, 0.1) is 6.42 Å². The van der Waals surface area contributed by atoms with Gasteiger partial charge in [-0.2, -0.15) is 0 Å². The van der Waals surface area contributed by atoms with Gasteiger partial charge in [0.05, 0.1) is 0 Å². The monoisotopic (exact) mass is 204 g/mol. The van der Waals surface area contributed by atoms with Gasteiger partial charge in [0.2, 0.25) is 0 Å². The summed E-state index contributed by atoms with van der Waals surface area (Å²) in [5.74, 6) is 0. The van der Waals surface area contributed by atoms with Crippen molar-refractivity contribution in [2.24, 2.45) is 0 Å². The molecule has 0 bridgehead atoms. The summed E-state index contributed by atoms with van der Waals surface area (Å²) >= 11 is 0. The van der Waals surface area contributed by atoms with Gasteiger partial charge < -0.3 is 12.4 Å². The van der Waals surface area contributed by atoms with E-state index in [1.54, 1.807) is 0 Å². The third-order valence-corrected chi connectivity index (χ3v) is 1.26. The van der Waals surface area contributed by atoms with Gasteiger partial charge >= 0.3 is 0 Å². The SMILES string of the molecule is C=C1[CH]C=CC=C1C.[Cl-].[Zn]. The molecule has 0 aromatic carbocycles. The minimum atomic E-state index is 0. The first-order valence-corrected chi connectivity index (χ1v) is 2.68. The second-order valence-corrected chi connectivity index (χ2v) is 1.93. The van der Waals surface area contributed by atoms with Crippen molar-refractivity contribution in [3.8, 4) is 0 Å². The number of rotatable bonds is 0. The molecule has 2 heteroatoms. The summed E-state index contributed by atoms with van der Waals surface area (Å²) in [5, 5.41) is 0. The average molecular weight is 206 g/mol. The third kappa shape index (κ3) is 3.34. The summed E-state index contributed by atoms with van der Waals surface area (Å²) in [4.78, 5) is 0. The Kier molecular flexibility index (Phi) is 7.52. The normalized spacial score (nSPS) is 14.9. The quantitative estimate of drug-likeness (QED) is 0.458. The number of hydrogen-bond acceptors (Lipinski definition) is 0. The first-order valence-electron chi connectivity index (χ1n) is 2.68. The van der Waals surface area contributed by atoms with Crippen molar-refractivity contribution in [2.75, 3.05) is 0 Å². The van der Waals surface area contributed by atoms with E-state index in [1.165, 1.54) is 5.57 Å². The zero-order valence-electron chi connectivity index (χ0n) is 6.10. The van der Waals surface area contributed by atoms with E-state index >= 15 is 0 Å². The van der Waals surface area contributed by atoms with Crippen LogP contribution in [0.25, 0.3) is 0 Å². The molecule has 1 aliphatic rings. The van der Waals surface area contributed by atoms with Crippen molar-refractivity contribution in [3.63, 3.8) is 0 Å². The summed E-state index contributed by atoms with van der Waals surface area (Å²) in [6, 6.07) is 0. The standard InChI is InChI=1S/C8H9.ClH.Zn/c1-7-5-3-4-6-8(7)2;;/h3-6H,1H2,2H3;1H;/p-1. The molecule has 10 heavy (non-hydrogen) atoms. The molecular formula is C8H9ClZn-. The van der Waals surface area contributed by atoms with E-state index in [-0.39, 0.29) is 31.9 Å². The second-order valence-electron chi connectivity index (χ2n) is 1.93. The molecule has 51 valence electrons. The van der Waals surface area contributed by atoms with Crippen LogP contribution in [-0.4, -0.2) is 0 Å². The van der Waals surface area contributed by atoms with E-state index < -0.39 is 0 Å². The fraction of sp³-hybridized carbons (Fsp3) is 0.125. The Balaban J connectivity index is 0. The molecule has 0 saturated carbocycles. The van der Waals surface area contributed by atoms with Gasteiger partial charge in [-0.15, -0.1) is 0 Å². The Morgan fingerprint density at radius 2 is 1.90 bits per heavy atom. The van der Waals surface area contributed by atoms with E-state index in [0.29, 0.717) is 0 Å². The molecule has 1 rings (SSSR count). The van der Waals surface area contributed by atoms with Gasteiger partial charge in [0, 0.05) is 25.9 Å². The topological polar surface area (TPSA) is 0 Å². The molecule has 1 aliphatic carbocycles. The summed E-state index contributed by atoms with van der Waals surface area (Å²) in [6.07, 6.45) is 8.08. The van der Waals surface area contributed by atoms with Crippen molar-refractivity contribution < 1.29 is 31.9 Å². The molecule has 0 aromatic rings. The zero-order chi connectivity index (χ0) is 5.98. The van der Waals surface area contributed by atoms with E-state index in [4.69, 9.17) is 0 Å². The van der Waals surface area contributed by atoms with E-state index in [9.17, 15) is 0 Å². The summed E-state index contributed by atoms with van der Waals surface area (Å²) in [6.45, 7) is 5.88. The largest absolute Gasteiger partial charge is 1.00 e. The predicted octanol–water partition coefficient (Wildman–Crippen LogP) is -0.736. The third-order valence-electron chi connectivity index (χ3n) is 1.26. The molecular weight excluding hydrogens is 197 g/mol. The molecule has 0 fully saturated rings. The maximum absolute atomic E-state index is 3.82. The molecule has 0 saturated heterocycles. The van der Waals surface area contributed by atoms with Crippen LogP contribution in [0.2, 0.25) is 0 Å². The molecule has 0 aliphatic heterocycles. The molecule has 0 N–H and O–H groups in total. The van der Waals surface area contributed by atoms with Gasteiger partial charge in [-0.05, 0) is 18.1 Å². The Labute approximate surface area is 81.3 Å². The van der Waals surface area contributed by atoms with Crippen LogP contribution in [-0.2, 0) is 19.5 Å². The van der Waals surface area contributed by atoms with Crippen LogP contribution in [0.15, 0.2) is 36.0 Å². The van der Waals surface area contributed by atoms with Gasteiger partial charge in [0.15, 0.2) is 0 Å².